The molecule has 4 nitrogen and oxygen atoms in total. The van der Waals surface area contributed by atoms with E-state index in [1.807, 2.05) is 0 Å². The molecule has 102 valence electrons. The molecule has 0 radical (unpaired) electrons. The van der Waals surface area contributed by atoms with Crippen LogP contribution in [0, 0.1) is 0 Å². The highest BCUT2D eigenvalue weighted by molar-refractivity contribution is 8.00. The molecule has 0 saturated carbocycles. The standard InChI is InChI=1S/C10H5ClF3NO3S/c11-5-1-4(10(12,13)14)3-15-8(5)19-6-2-7(16)18-9(6)17/h1,3,6H,2H2/t6-/m1/s1. The molecule has 9 heteroatoms. The zero-order chi connectivity index (χ0) is 14.2. The van der Waals surface area contributed by atoms with E-state index in [9.17, 15) is 22.8 Å². The van der Waals surface area contributed by atoms with Crippen molar-refractivity contribution in [1.82, 2.24) is 4.98 Å². The Labute approximate surface area is 114 Å². The number of aromatic nitrogens is 1. The second kappa shape index (κ2) is 5.01. The summed E-state index contributed by atoms with van der Waals surface area (Å²) in [5, 5.41) is -1.01. The van der Waals surface area contributed by atoms with Crippen LogP contribution in [0.25, 0.3) is 0 Å². The maximum atomic E-state index is 12.4. The first-order valence-corrected chi connectivity index (χ1v) is 6.17. The topological polar surface area (TPSA) is 56.3 Å². The minimum absolute atomic E-state index is 0.0475. The van der Waals surface area contributed by atoms with Crippen molar-refractivity contribution >= 4 is 35.3 Å². The molecule has 0 aromatic carbocycles. The Balaban J connectivity index is 2.18. The van der Waals surface area contributed by atoms with Crippen LogP contribution < -0.4 is 0 Å². The number of cyclic esters (lactones) is 2. The molecular weight excluding hydrogens is 307 g/mol. The van der Waals surface area contributed by atoms with Gasteiger partial charge in [0, 0.05) is 6.20 Å². The molecule has 0 amide bonds. The second-order valence-electron chi connectivity index (χ2n) is 3.61. The van der Waals surface area contributed by atoms with Gasteiger partial charge in [-0.2, -0.15) is 13.2 Å². The van der Waals surface area contributed by atoms with Crippen LogP contribution in [-0.4, -0.2) is 22.2 Å². The molecule has 1 fully saturated rings. The molecule has 1 saturated heterocycles. The Morgan fingerprint density at radius 2 is 2.11 bits per heavy atom. The first-order chi connectivity index (χ1) is 8.77. The first kappa shape index (κ1) is 14.1. The SMILES string of the molecule is O=C1C[C@@H](Sc2ncc(C(F)(F)F)cc2Cl)C(=O)O1. The predicted octanol–water partition coefficient (Wildman–Crippen LogP) is 2.69. The molecule has 1 aromatic heterocycles. The van der Waals surface area contributed by atoms with E-state index in [0.717, 1.165) is 17.8 Å². The molecule has 2 rings (SSSR count). The summed E-state index contributed by atoms with van der Waals surface area (Å²) in [5.74, 6) is -1.42. The van der Waals surface area contributed by atoms with Gasteiger partial charge in [-0.15, -0.1) is 0 Å². The lowest BCUT2D eigenvalue weighted by Gasteiger charge is -2.09. The third-order valence-corrected chi connectivity index (χ3v) is 3.81. The summed E-state index contributed by atoms with van der Waals surface area (Å²) in [7, 11) is 0. The van der Waals surface area contributed by atoms with Crippen LogP contribution >= 0.6 is 23.4 Å². The van der Waals surface area contributed by atoms with Gasteiger partial charge in [-0.05, 0) is 6.07 Å². The van der Waals surface area contributed by atoms with E-state index in [1.165, 1.54) is 0 Å². The molecule has 1 aliphatic heterocycles. The summed E-state index contributed by atoms with van der Waals surface area (Å²) in [6, 6.07) is 0.721. The quantitative estimate of drug-likeness (QED) is 0.621. The summed E-state index contributed by atoms with van der Waals surface area (Å²) < 4.78 is 41.5. The average Bonchev–Trinajstić information content (AvgIpc) is 2.59. The van der Waals surface area contributed by atoms with Gasteiger partial charge in [0.2, 0.25) is 0 Å². The fourth-order valence-electron chi connectivity index (χ4n) is 1.35. The molecule has 0 unspecified atom stereocenters. The number of nitrogens with zero attached hydrogens (tertiary/aromatic N) is 1. The number of carbonyl (C=O) groups is 2. The van der Waals surface area contributed by atoms with Gasteiger partial charge < -0.3 is 4.74 Å². The van der Waals surface area contributed by atoms with Crippen molar-refractivity contribution < 1.29 is 27.5 Å². The molecule has 0 spiro atoms. The molecule has 2 heterocycles. The number of halogens is 4. The van der Waals surface area contributed by atoms with Crippen LogP contribution in [0.1, 0.15) is 12.0 Å². The van der Waals surface area contributed by atoms with Gasteiger partial charge in [-0.3, -0.25) is 9.59 Å². The van der Waals surface area contributed by atoms with Crippen molar-refractivity contribution in [2.75, 3.05) is 0 Å². The first-order valence-electron chi connectivity index (χ1n) is 4.91. The van der Waals surface area contributed by atoms with Gasteiger partial charge >= 0.3 is 18.1 Å². The lowest BCUT2D eigenvalue weighted by Crippen LogP contribution is -2.10. The van der Waals surface area contributed by atoms with Crippen molar-refractivity contribution in [3.05, 3.63) is 22.8 Å². The van der Waals surface area contributed by atoms with E-state index in [-0.39, 0.29) is 16.5 Å². The van der Waals surface area contributed by atoms with Crippen LogP contribution in [-0.2, 0) is 20.5 Å². The summed E-state index contributed by atoms with van der Waals surface area (Å²) >= 11 is 6.48. The summed E-state index contributed by atoms with van der Waals surface area (Å²) in [6.07, 6.45) is -4.07. The molecule has 0 N–H and O–H groups in total. The van der Waals surface area contributed by atoms with Gasteiger partial charge in [0.05, 0.1) is 17.0 Å². The van der Waals surface area contributed by atoms with E-state index < -0.39 is 28.9 Å². The molecule has 0 bridgehead atoms. The lowest BCUT2D eigenvalue weighted by atomic mass is 10.3. The molecule has 1 atom stereocenters. The third-order valence-electron chi connectivity index (χ3n) is 2.22. The molecule has 1 aromatic rings. The van der Waals surface area contributed by atoms with Crippen molar-refractivity contribution in [1.29, 1.82) is 0 Å². The molecule has 1 aliphatic rings. The minimum Gasteiger partial charge on any atom is -0.392 e. The Morgan fingerprint density at radius 1 is 1.42 bits per heavy atom. The van der Waals surface area contributed by atoms with Gasteiger partial charge in [0.1, 0.15) is 10.3 Å². The average molecular weight is 312 g/mol. The summed E-state index contributed by atoms with van der Waals surface area (Å²) in [6.45, 7) is 0. The van der Waals surface area contributed by atoms with Crippen molar-refractivity contribution in [3.8, 4) is 0 Å². The number of esters is 2. The van der Waals surface area contributed by atoms with Gasteiger partial charge in [0.25, 0.3) is 0 Å². The van der Waals surface area contributed by atoms with E-state index >= 15 is 0 Å². The fraction of sp³-hybridized carbons (Fsp3) is 0.300. The maximum Gasteiger partial charge on any atom is 0.417 e. The number of rotatable bonds is 2. The highest BCUT2D eigenvalue weighted by Crippen LogP contribution is 2.36. The van der Waals surface area contributed by atoms with Gasteiger partial charge in [-0.25, -0.2) is 4.98 Å². The van der Waals surface area contributed by atoms with E-state index in [0.29, 0.717) is 6.20 Å². The Hall–Kier alpha value is -1.28. The van der Waals surface area contributed by atoms with Crippen molar-refractivity contribution in [2.24, 2.45) is 0 Å². The van der Waals surface area contributed by atoms with Crippen LogP contribution in [0.5, 0.6) is 0 Å². The van der Waals surface area contributed by atoms with Gasteiger partial charge in [0.15, 0.2) is 0 Å². The highest BCUT2D eigenvalue weighted by atomic mass is 35.5. The fourth-order valence-corrected chi connectivity index (χ4v) is 2.56. The number of pyridine rings is 1. The van der Waals surface area contributed by atoms with Crippen LogP contribution in [0.4, 0.5) is 13.2 Å². The number of carbonyl (C=O) groups excluding carboxylic acids is 2. The normalized spacial score (nSPS) is 19.7. The molecule has 19 heavy (non-hydrogen) atoms. The van der Waals surface area contributed by atoms with Gasteiger partial charge in [-0.1, -0.05) is 23.4 Å². The zero-order valence-corrected chi connectivity index (χ0v) is 10.6. The number of hydrogen-bond donors (Lipinski definition) is 0. The van der Waals surface area contributed by atoms with Crippen molar-refractivity contribution in [3.63, 3.8) is 0 Å². The van der Waals surface area contributed by atoms with E-state index in [2.05, 4.69) is 9.72 Å². The van der Waals surface area contributed by atoms with Crippen LogP contribution in [0.3, 0.4) is 0 Å². The molecular formula is C10H5ClF3NO3S. The highest BCUT2D eigenvalue weighted by Gasteiger charge is 2.36. The number of ether oxygens (including phenoxy) is 1. The lowest BCUT2D eigenvalue weighted by molar-refractivity contribution is -0.151. The minimum atomic E-state index is -4.54. The number of thioether (sulfide) groups is 1. The monoisotopic (exact) mass is 311 g/mol. The van der Waals surface area contributed by atoms with Crippen molar-refractivity contribution in [2.45, 2.75) is 22.9 Å². The second-order valence-corrected chi connectivity index (χ2v) is 5.21. The maximum absolute atomic E-state index is 12.4. The molecule has 0 aliphatic carbocycles. The number of alkyl halides is 3. The summed E-state index contributed by atoms with van der Waals surface area (Å²) in [5.41, 5.74) is -0.980. The smallest absolute Gasteiger partial charge is 0.392 e. The third kappa shape index (κ3) is 3.19. The predicted molar refractivity (Wildman–Crippen MR) is 59.6 cm³/mol. The Morgan fingerprint density at radius 3 is 2.58 bits per heavy atom. The Bertz CT molecular complexity index is 549. The van der Waals surface area contributed by atoms with E-state index in [4.69, 9.17) is 11.6 Å². The van der Waals surface area contributed by atoms with Crippen LogP contribution in [0.2, 0.25) is 5.02 Å². The largest absolute Gasteiger partial charge is 0.417 e. The zero-order valence-electron chi connectivity index (χ0n) is 9.03. The van der Waals surface area contributed by atoms with E-state index in [1.54, 1.807) is 0 Å². The number of hydrogen-bond acceptors (Lipinski definition) is 5. The van der Waals surface area contributed by atoms with Crippen LogP contribution in [0.15, 0.2) is 17.3 Å². The Kier molecular flexibility index (Phi) is 3.73. The summed E-state index contributed by atoms with van der Waals surface area (Å²) in [4.78, 5) is 25.6.